The molecule has 170 valence electrons. The minimum Gasteiger partial charge on any atom is -0.454 e. The first kappa shape index (κ1) is 21.3. The molecule has 0 unspecified atom stereocenters. The van der Waals surface area contributed by atoms with Gasteiger partial charge in [-0.05, 0) is 31.2 Å². The third-order valence-electron chi connectivity index (χ3n) is 4.92. The molecule has 0 saturated carbocycles. The van der Waals surface area contributed by atoms with Gasteiger partial charge in [-0.1, -0.05) is 11.3 Å². The van der Waals surface area contributed by atoms with E-state index in [4.69, 9.17) is 9.47 Å². The highest BCUT2D eigenvalue weighted by Crippen LogP contribution is 2.38. The summed E-state index contributed by atoms with van der Waals surface area (Å²) in [5.74, 6) is 0.191. The van der Waals surface area contributed by atoms with Crippen LogP contribution in [0.1, 0.15) is 12.1 Å². The average Bonchev–Trinajstić information content (AvgIpc) is 3.48. The van der Waals surface area contributed by atoms with Crippen LogP contribution in [-0.2, 0) is 14.6 Å². The van der Waals surface area contributed by atoms with Crippen molar-refractivity contribution in [3.8, 4) is 16.6 Å². The molecule has 4 aromatic rings. The molecular weight excluding hydrogens is 471 g/mol. The molecule has 1 N–H and O–H groups in total. The number of amides is 1. The Balaban J connectivity index is 1.33. The lowest BCUT2D eigenvalue weighted by Crippen LogP contribution is -2.19. The second-order valence-corrected chi connectivity index (χ2v) is 10.4. The van der Waals surface area contributed by atoms with Gasteiger partial charge in [0.15, 0.2) is 21.3 Å². The van der Waals surface area contributed by atoms with Crippen LogP contribution < -0.4 is 14.8 Å². The highest BCUT2D eigenvalue weighted by molar-refractivity contribution is 7.91. The molecule has 0 spiro atoms. The number of aromatic nitrogens is 3. The van der Waals surface area contributed by atoms with Crippen molar-refractivity contribution in [2.75, 3.05) is 17.9 Å². The predicted octanol–water partition coefficient (Wildman–Crippen LogP) is 3.46. The molecule has 0 saturated heterocycles. The average molecular weight is 489 g/mol. The van der Waals surface area contributed by atoms with Gasteiger partial charge in [0.1, 0.15) is 11.6 Å². The van der Waals surface area contributed by atoms with E-state index < -0.39 is 27.3 Å². The lowest BCUT2D eigenvalue weighted by Gasteiger charge is -2.07. The highest BCUT2D eigenvalue weighted by Gasteiger charge is 2.21. The number of benzene rings is 2. The summed E-state index contributed by atoms with van der Waals surface area (Å²) in [6, 6.07) is 9.80. The van der Waals surface area contributed by atoms with Crippen LogP contribution in [0.3, 0.4) is 0 Å². The van der Waals surface area contributed by atoms with Crippen molar-refractivity contribution >= 4 is 43.1 Å². The summed E-state index contributed by atoms with van der Waals surface area (Å²) in [5, 5.41) is 7.64. The van der Waals surface area contributed by atoms with Crippen molar-refractivity contribution in [2.45, 2.75) is 18.2 Å². The molecule has 0 radical (unpaired) electrons. The first-order valence-corrected chi connectivity index (χ1v) is 12.3. The Kier molecular flexibility index (Phi) is 5.25. The molecule has 1 aliphatic rings. The fourth-order valence-electron chi connectivity index (χ4n) is 3.32. The molecular formula is C21H17FN4O5S2. The zero-order valence-corrected chi connectivity index (χ0v) is 18.9. The van der Waals surface area contributed by atoms with Gasteiger partial charge in [0.05, 0.1) is 26.6 Å². The van der Waals surface area contributed by atoms with Crippen LogP contribution in [0.4, 0.5) is 10.2 Å². The molecule has 1 aliphatic heterocycles. The van der Waals surface area contributed by atoms with Crippen molar-refractivity contribution in [1.29, 1.82) is 0 Å². The van der Waals surface area contributed by atoms with Gasteiger partial charge in [-0.3, -0.25) is 4.79 Å². The zero-order chi connectivity index (χ0) is 23.2. The Bertz CT molecular complexity index is 1440. The number of sulfone groups is 1. The zero-order valence-electron chi connectivity index (χ0n) is 17.2. The number of nitrogens with one attached hydrogen (secondary N) is 1. The summed E-state index contributed by atoms with van der Waals surface area (Å²) in [6.45, 7) is 1.94. The maximum Gasteiger partial charge on any atom is 0.231 e. The van der Waals surface area contributed by atoms with Crippen LogP contribution in [-0.4, -0.2) is 41.6 Å². The van der Waals surface area contributed by atoms with Crippen molar-refractivity contribution in [2.24, 2.45) is 0 Å². The summed E-state index contributed by atoms with van der Waals surface area (Å²) in [4.78, 5) is 17.1. The van der Waals surface area contributed by atoms with E-state index in [0.29, 0.717) is 33.7 Å². The summed E-state index contributed by atoms with van der Waals surface area (Å²) in [6.07, 6.45) is -0.273. The molecule has 33 heavy (non-hydrogen) atoms. The fraction of sp³-hybridized carbons (Fsp3) is 0.190. The summed E-state index contributed by atoms with van der Waals surface area (Å²) in [7, 11) is -3.73. The standard InChI is InChI=1S/C21H17FN4O5S2/c1-12-8-19(24-20(27)6-7-33(28,29)14-4-2-13(22)3-5-14)26(25-12)21-23-15-9-16-17(31-11-30-16)10-18(15)32-21/h2-5,8-10H,6-7,11H2,1H3,(H,24,27). The summed E-state index contributed by atoms with van der Waals surface area (Å²) < 4.78 is 51.1. The smallest absolute Gasteiger partial charge is 0.231 e. The Morgan fingerprint density at radius 3 is 2.67 bits per heavy atom. The van der Waals surface area contributed by atoms with Gasteiger partial charge in [0.2, 0.25) is 17.8 Å². The molecule has 3 heterocycles. The van der Waals surface area contributed by atoms with Crippen LogP contribution in [0.5, 0.6) is 11.5 Å². The van der Waals surface area contributed by atoms with Gasteiger partial charge in [0, 0.05) is 24.6 Å². The third-order valence-corrected chi connectivity index (χ3v) is 7.65. The number of ether oxygens (including phenoxy) is 2. The maximum absolute atomic E-state index is 13.1. The third kappa shape index (κ3) is 4.26. The number of carbonyl (C=O) groups excluding carboxylic acids is 1. The van der Waals surface area contributed by atoms with Gasteiger partial charge in [-0.2, -0.15) is 9.78 Å². The predicted molar refractivity (Wildman–Crippen MR) is 119 cm³/mol. The number of rotatable bonds is 6. The number of anilines is 1. The Labute approximate surface area is 191 Å². The van der Waals surface area contributed by atoms with Crippen molar-refractivity contribution in [3.63, 3.8) is 0 Å². The summed E-state index contributed by atoms with van der Waals surface area (Å²) in [5.41, 5.74) is 1.35. The number of nitrogens with zero attached hydrogens (tertiary/aromatic N) is 3. The minimum atomic E-state index is -3.73. The van der Waals surface area contributed by atoms with E-state index in [1.165, 1.54) is 28.2 Å². The molecule has 5 rings (SSSR count). The highest BCUT2D eigenvalue weighted by atomic mass is 32.2. The Morgan fingerprint density at radius 2 is 1.91 bits per heavy atom. The number of halogens is 1. The van der Waals surface area contributed by atoms with Crippen LogP contribution in [0.2, 0.25) is 0 Å². The first-order chi connectivity index (χ1) is 15.8. The van der Waals surface area contributed by atoms with E-state index in [1.54, 1.807) is 19.1 Å². The van der Waals surface area contributed by atoms with E-state index in [-0.39, 0.29) is 18.1 Å². The molecule has 1 amide bonds. The number of thiazole rings is 1. The SMILES string of the molecule is Cc1cc(NC(=O)CCS(=O)(=O)c2ccc(F)cc2)n(-c2nc3cc4c(cc3s2)OCO4)n1. The Morgan fingerprint density at radius 1 is 1.18 bits per heavy atom. The number of aryl methyl sites for hydroxylation is 1. The molecule has 9 nitrogen and oxygen atoms in total. The lowest BCUT2D eigenvalue weighted by molar-refractivity contribution is -0.115. The van der Waals surface area contributed by atoms with E-state index in [0.717, 1.165) is 16.8 Å². The van der Waals surface area contributed by atoms with Gasteiger partial charge >= 0.3 is 0 Å². The van der Waals surface area contributed by atoms with E-state index in [2.05, 4.69) is 15.4 Å². The van der Waals surface area contributed by atoms with Crippen LogP contribution in [0.15, 0.2) is 47.4 Å². The van der Waals surface area contributed by atoms with Crippen molar-refractivity contribution in [3.05, 3.63) is 54.0 Å². The first-order valence-electron chi connectivity index (χ1n) is 9.84. The normalized spacial score (nSPS) is 12.9. The van der Waals surface area contributed by atoms with E-state index in [9.17, 15) is 17.6 Å². The molecule has 0 fully saturated rings. The van der Waals surface area contributed by atoms with Crippen molar-refractivity contribution in [1.82, 2.24) is 14.8 Å². The molecule has 12 heteroatoms. The molecule has 0 atom stereocenters. The second-order valence-electron chi connectivity index (χ2n) is 7.32. The van der Waals surface area contributed by atoms with E-state index in [1.807, 2.05) is 6.07 Å². The van der Waals surface area contributed by atoms with Gasteiger partial charge in [-0.15, -0.1) is 0 Å². The topological polar surface area (TPSA) is 112 Å². The van der Waals surface area contributed by atoms with Crippen LogP contribution in [0, 0.1) is 12.7 Å². The Hall–Kier alpha value is -3.51. The maximum atomic E-state index is 13.1. The van der Waals surface area contributed by atoms with Crippen LogP contribution >= 0.6 is 11.3 Å². The number of hydrogen-bond acceptors (Lipinski definition) is 8. The largest absolute Gasteiger partial charge is 0.454 e. The van der Waals surface area contributed by atoms with Gasteiger partial charge in [0.25, 0.3) is 0 Å². The number of fused-ring (bicyclic) bond motifs is 2. The quantitative estimate of drug-likeness (QED) is 0.414. The van der Waals surface area contributed by atoms with E-state index >= 15 is 0 Å². The van der Waals surface area contributed by atoms with Crippen LogP contribution in [0.25, 0.3) is 15.3 Å². The molecule has 2 aromatic carbocycles. The molecule has 2 aromatic heterocycles. The minimum absolute atomic E-state index is 0.0353. The van der Waals surface area contributed by atoms with Gasteiger partial charge in [-0.25, -0.2) is 17.8 Å². The lowest BCUT2D eigenvalue weighted by atomic mass is 10.3. The second kappa shape index (κ2) is 8.12. The number of hydrogen-bond donors (Lipinski definition) is 1. The monoisotopic (exact) mass is 488 g/mol. The fourth-order valence-corrected chi connectivity index (χ4v) is 5.51. The molecule has 0 aliphatic carbocycles. The molecule has 0 bridgehead atoms. The van der Waals surface area contributed by atoms with Crippen molar-refractivity contribution < 1.29 is 27.1 Å². The summed E-state index contributed by atoms with van der Waals surface area (Å²) >= 11 is 1.36. The number of carbonyl (C=O) groups is 1. The van der Waals surface area contributed by atoms with Gasteiger partial charge < -0.3 is 14.8 Å².